The van der Waals surface area contributed by atoms with Crippen LogP contribution in [0.25, 0.3) is 0 Å². The number of rotatable bonds is 5. The molecule has 4 aliphatic rings. The molecule has 2 aromatic rings. The summed E-state index contributed by atoms with van der Waals surface area (Å²) in [4.78, 5) is 45.0. The van der Waals surface area contributed by atoms with Crippen molar-refractivity contribution in [1.82, 2.24) is 20.0 Å². The van der Waals surface area contributed by atoms with E-state index in [1.54, 1.807) is 15.9 Å². The molecule has 0 aliphatic carbocycles. The molecule has 4 saturated heterocycles. The summed E-state index contributed by atoms with van der Waals surface area (Å²) >= 11 is 12.5. The van der Waals surface area contributed by atoms with Crippen LogP contribution in [0.5, 0.6) is 0 Å². The fourth-order valence-electron chi connectivity index (χ4n) is 6.34. The van der Waals surface area contributed by atoms with E-state index in [2.05, 4.69) is 26.1 Å². The van der Waals surface area contributed by atoms with Crippen LogP contribution in [0, 0.1) is 0 Å². The van der Waals surface area contributed by atoms with Gasteiger partial charge in [0.15, 0.2) is 6.29 Å². The largest absolute Gasteiger partial charge is 0.444 e. The Morgan fingerprint density at radius 2 is 1.12 bits per heavy atom. The average molecular weight is 824 g/mol. The highest BCUT2D eigenvalue weighted by molar-refractivity contribution is 6.33. The highest BCUT2D eigenvalue weighted by Gasteiger charge is 2.27. The number of benzene rings is 2. The van der Waals surface area contributed by atoms with Crippen molar-refractivity contribution in [2.45, 2.75) is 66.7 Å². The standard InChI is InChI=1S/C20H30ClN3O3.C11H12ClNO2.C9H18N2O2.CH4/c1-20(2,3)27-19(25)24-9-7-22(8-10-24)15-16-17(21)5-4-6-18(16)23-11-13-26-14-12-23;12-10-2-1-3-11(9(10)8-14)13-4-6-15-7-5-13;1-9(2,3)13-8(12)11-6-4-10-5-7-11;/h4-6H,7-15H2,1-3H3;1-3,8H,4-7H2;10H,4-7H2,1-3H3;1H4. The molecule has 6 rings (SSSR count). The summed E-state index contributed by atoms with van der Waals surface area (Å²) in [6, 6.07) is 11.6. The second kappa shape index (κ2) is 22.6. The molecule has 0 bridgehead atoms. The monoisotopic (exact) mass is 822 g/mol. The molecule has 0 radical (unpaired) electrons. The molecule has 0 unspecified atom stereocenters. The molecule has 0 saturated carbocycles. The normalized spacial score (nSPS) is 18.0. The molecule has 0 aromatic heterocycles. The van der Waals surface area contributed by atoms with Crippen LogP contribution in [0.15, 0.2) is 36.4 Å². The third kappa shape index (κ3) is 15.2. The van der Waals surface area contributed by atoms with E-state index in [4.69, 9.17) is 42.1 Å². The van der Waals surface area contributed by atoms with Crippen LogP contribution in [-0.4, -0.2) is 149 Å². The maximum Gasteiger partial charge on any atom is 0.410 e. The quantitative estimate of drug-likeness (QED) is 0.326. The van der Waals surface area contributed by atoms with Crippen molar-refractivity contribution in [2.24, 2.45) is 0 Å². The first kappa shape index (κ1) is 47.0. The van der Waals surface area contributed by atoms with Crippen LogP contribution < -0.4 is 15.1 Å². The molecule has 0 atom stereocenters. The van der Waals surface area contributed by atoms with E-state index in [0.29, 0.717) is 36.9 Å². The maximum atomic E-state index is 12.2. The van der Waals surface area contributed by atoms with Crippen molar-refractivity contribution >= 4 is 53.0 Å². The molecule has 2 aromatic carbocycles. The van der Waals surface area contributed by atoms with Gasteiger partial charge >= 0.3 is 12.2 Å². The average Bonchev–Trinajstić information content (AvgIpc) is 3.16. The Balaban J connectivity index is 0.000000245. The summed E-state index contributed by atoms with van der Waals surface area (Å²) in [7, 11) is 0. The molecule has 15 heteroatoms. The third-order valence-electron chi connectivity index (χ3n) is 9.12. The lowest BCUT2D eigenvalue weighted by atomic mass is 10.1. The van der Waals surface area contributed by atoms with Crippen molar-refractivity contribution < 1.29 is 33.3 Å². The van der Waals surface area contributed by atoms with Gasteiger partial charge < -0.3 is 43.9 Å². The predicted molar refractivity (Wildman–Crippen MR) is 225 cm³/mol. The minimum absolute atomic E-state index is 0. The number of piperazine rings is 2. The Morgan fingerprint density at radius 3 is 1.61 bits per heavy atom. The Kier molecular flexibility index (Phi) is 19.0. The van der Waals surface area contributed by atoms with Gasteiger partial charge in [-0.25, -0.2) is 9.59 Å². The van der Waals surface area contributed by atoms with E-state index in [1.165, 1.54) is 5.69 Å². The number of aldehydes is 1. The summed E-state index contributed by atoms with van der Waals surface area (Å²) in [6.07, 6.45) is 0.385. The molecule has 56 heavy (non-hydrogen) atoms. The van der Waals surface area contributed by atoms with E-state index >= 15 is 0 Å². The van der Waals surface area contributed by atoms with Crippen molar-refractivity contribution in [3.8, 4) is 0 Å². The topological polar surface area (TPSA) is 116 Å². The van der Waals surface area contributed by atoms with E-state index in [0.717, 1.165) is 108 Å². The molecule has 2 amide bonds. The van der Waals surface area contributed by atoms with Gasteiger partial charge in [0.05, 0.1) is 37.0 Å². The van der Waals surface area contributed by atoms with E-state index in [-0.39, 0.29) is 25.2 Å². The maximum absolute atomic E-state index is 12.2. The van der Waals surface area contributed by atoms with Crippen molar-refractivity contribution in [2.75, 3.05) is 115 Å². The Labute approximate surface area is 344 Å². The molecule has 4 heterocycles. The smallest absolute Gasteiger partial charge is 0.410 e. The minimum atomic E-state index is -0.459. The molecular weight excluding hydrogens is 759 g/mol. The van der Waals surface area contributed by atoms with Gasteiger partial charge in [-0.15, -0.1) is 0 Å². The lowest BCUT2D eigenvalue weighted by molar-refractivity contribution is 0.0138. The first-order valence-electron chi connectivity index (χ1n) is 19.2. The summed E-state index contributed by atoms with van der Waals surface area (Å²) in [5, 5.41) is 4.49. The van der Waals surface area contributed by atoms with Crippen LogP contribution in [0.2, 0.25) is 10.0 Å². The number of nitrogens with zero attached hydrogens (tertiary/aromatic N) is 5. The van der Waals surface area contributed by atoms with E-state index < -0.39 is 5.60 Å². The van der Waals surface area contributed by atoms with E-state index in [1.807, 2.05) is 65.8 Å². The molecule has 4 fully saturated rings. The molecule has 13 nitrogen and oxygen atoms in total. The molecule has 1 N–H and O–H groups in total. The van der Waals surface area contributed by atoms with E-state index in [9.17, 15) is 14.4 Å². The van der Waals surface area contributed by atoms with Crippen LogP contribution >= 0.6 is 23.2 Å². The predicted octanol–water partition coefficient (Wildman–Crippen LogP) is 6.68. The number of morpholine rings is 2. The molecule has 4 aliphatic heterocycles. The number of anilines is 2. The second-order valence-electron chi connectivity index (χ2n) is 15.7. The molecular formula is C41H64Cl2N6O7. The van der Waals surface area contributed by atoms with Gasteiger partial charge in [0.1, 0.15) is 11.2 Å². The van der Waals surface area contributed by atoms with Gasteiger partial charge in [-0.1, -0.05) is 42.8 Å². The van der Waals surface area contributed by atoms with Crippen molar-refractivity contribution in [3.63, 3.8) is 0 Å². The van der Waals surface area contributed by atoms with Crippen molar-refractivity contribution in [1.29, 1.82) is 0 Å². The first-order valence-corrected chi connectivity index (χ1v) is 20.0. The second-order valence-corrected chi connectivity index (χ2v) is 16.5. The summed E-state index contributed by atoms with van der Waals surface area (Å²) in [5.74, 6) is 0. The van der Waals surface area contributed by atoms with Crippen LogP contribution in [0.4, 0.5) is 21.0 Å². The Morgan fingerprint density at radius 1 is 0.679 bits per heavy atom. The number of halogens is 2. The number of hydrogen-bond acceptors (Lipinski definition) is 11. The van der Waals surface area contributed by atoms with Crippen molar-refractivity contribution in [3.05, 3.63) is 57.6 Å². The van der Waals surface area contributed by atoms with Crippen LogP contribution in [-0.2, 0) is 25.5 Å². The molecule has 0 spiro atoms. The Hall–Kier alpha value is -3.33. The van der Waals surface area contributed by atoms with Gasteiger partial charge in [0.2, 0.25) is 0 Å². The van der Waals surface area contributed by atoms with Gasteiger partial charge in [-0.3, -0.25) is 9.69 Å². The number of nitrogens with one attached hydrogen (secondary N) is 1. The minimum Gasteiger partial charge on any atom is -0.444 e. The highest BCUT2D eigenvalue weighted by Crippen LogP contribution is 2.30. The number of carbonyl (C=O) groups excluding carboxylic acids is 3. The van der Waals surface area contributed by atoms with Gasteiger partial charge in [0, 0.05) is 107 Å². The Bertz CT molecular complexity index is 1530. The number of ether oxygens (including phenoxy) is 4. The fraction of sp³-hybridized carbons (Fsp3) is 0.634. The SMILES string of the molecule is C.CC(C)(C)OC(=O)N1CCN(Cc2c(Cl)cccc2N2CCOCC2)CC1.CC(C)(C)OC(=O)N1CCNCC1.O=Cc1c(Cl)cccc1N1CCOCC1. The highest BCUT2D eigenvalue weighted by atomic mass is 35.5. The summed E-state index contributed by atoms with van der Waals surface area (Å²) < 4.78 is 21.5. The summed E-state index contributed by atoms with van der Waals surface area (Å²) in [5.41, 5.74) is 2.98. The number of carbonyl (C=O) groups is 3. The zero-order valence-electron chi connectivity index (χ0n) is 33.4. The zero-order chi connectivity index (χ0) is 40.0. The lowest BCUT2D eigenvalue weighted by Gasteiger charge is -2.37. The first-order chi connectivity index (χ1) is 26.1. The zero-order valence-corrected chi connectivity index (χ0v) is 34.9. The third-order valence-corrected chi connectivity index (χ3v) is 9.80. The van der Waals surface area contributed by atoms with Crippen LogP contribution in [0.3, 0.4) is 0 Å². The lowest BCUT2D eigenvalue weighted by Crippen LogP contribution is -2.49. The van der Waals surface area contributed by atoms with Gasteiger partial charge in [0.25, 0.3) is 0 Å². The fourth-order valence-corrected chi connectivity index (χ4v) is 6.78. The van der Waals surface area contributed by atoms with Gasteiger partial charge in [-0.05, 0) is 65.8 Å². The number of amides is 2. The number of hydrogen-bond donors (Lipinski definition) is 1. The van der Waals surface area contributed by atoms with Gasteiger partial charge in [-0.2, -0.15) is 0 Å². The summed E-state index contributed by atoms with van der Waals surface area (Å²) in [6.45, 7) is 24.6. The van der Waals surface area contributed by atoms with Crippen LogP contribution in [0.1, 0.15) is 64.9 Å². The molecule has 314 valence electrons.